The van der Waals surface area contributed by atoms with Gasteiger partial charge in [0.15, 0.2) is 23.3 Å². The average Bonchev–Trinajstić information content (AvgIpc) is 1.48. The molecule has 12 aromatic rings. The normalized spacial score (nSPS) is 10.6. The highest BCUT2D eigenvalue weighted by molar-refractivity contribution is 7.18. The second-order valence-corrected chi connectivity index (χ2v) is 30.5. The lowest BCUT2D eigenvalue weighted by Gasteiger charge is -2.15. The predicted octanol–water partition coefficient (Wildman–Crippen LogP) is 17.8. The Kier molecular flexibility index (Phi) is 32.8. The molecule has 8 heterocycles. The summed E-state index contributed by atoms with van der Waals surface area (Å²) in [5.74, 6) is -0.233. The molecule has 0 aliphatic heterocycles. The second kappa shape index (κ2) is 43.6. The summed E-state index contributed by atoms with van der Waals surface area (Å²) in [4.78, 5) is 133. The van der Waals surface area contributed by atoms with Crippen molar-refractivity contribution in [2.75, 3.05) is 49.7 Å². The minimum atomic E-state index is -0.873. The topological polar surface area (TPSA) is 406 Å². The van der Waals surface area contributed by atoms with E-state index in [-0.39, 0.29) is 37.6 Å². The molecule has 32 heteroatoms. The van der Waals surface area contributed by atoms with Crippen LogP contribution in [0.25, 0.3) is 42.8 Å². The lowest BCUT2D eigenvalue weighted by atomic mass is 10.1. The Bertz CT molecular complexity index is 5690. The van der Waals surface area contributed by atoms with Crippen LogP contribution in [0.3, 0.4) is 0 Å². The van der Waals surface area contributed by atoms with Crippen LogP contribution in [-0.2, 0) is 102 Å². The van der Waals surface area contributed by atoms with Crippen molar-refractivity contribution in [3.05, 3.63) is 258 Å². The number of esters is 4. The van der Waals surface area contributed by atoms with Gasteiger partial charge in [-0.15, -0.1) is 58.5 Å². The number of ether oxygens (including phenoxy) is 4. The summed E-state index contributed by atoms with van der Waals surface area (Å²) in [6.45, 7) is 19.6. The molecule has 12 rings (SSSR count). The number of aliphatic carboxylic acids is 4. The number of aromatic nitrogens is 8. The fourth-order valence-corrected chi connectivity index (χ4v) is 15.4. The van der Waals surface area contributed by atoms with Crippen LogP contribution in [0.15, 0.2) is 171 Å². The lowest BCUT2D eigenvalue weighted by Crippen LogP contribution is -2.07. The zero-order chi connectivity index (χ0) is 86.7. The van der Waals surface area contributed by atoms with Gasteiger partial charge in [-0.2, -0.15) is 0 Å². The first-order chi connectivity index (χ1) is 57.7. The first kappa shape index (κ1) is 90.4. The zero-order valence-electron chi connectivity index (χ0n) is 67.4. The standard InChI is InChI=1S/C23H23N3O4S.C22H21N3O4S.C22H23N3O4S.C21H21N3O4S/c1-4-6-16-17(5-2)25-22(18-11-12-19(31-18)23(29)30-3)26-21(16)24-15-9-7-14(8-10-15)13-20(27)28;1-4-5-16-13(2)23-21(17-10-11-18(30-17)22(28)29-3)25-20(16)24-15-8-6-14(7-9-15)12-19(26)27;1-4-15-16(5-2)24-21(17-10-11-18(30-17)22(28)29-3)25-20(15)23-14-8-6-13(7-9-14)12-19(26)27;1-4-15-12(2)22-20(16-9-10-17(29-16)21(27)28-3)24-19(15)23-14-7-5-13(6-8-14)11-18(25)26/h4,7-12H,1,5-6,13H2,2-3H3,(H,27,28)(H,24,25,26);4,6-11H,1,5,12H2,2-3H3,(H,26,27)(H,23,24,25);6-11H,4-5,12H2,1-3H3,(H,26,27)(H,23,24,25);5-10H,4,11H2,1-3H3,(H,25,26)(H,22,23,24). The van der Waals surface area contributed by atoms with Gasteiger partial charge in [-0.25, -0.2) is 59.0 Å². The smallest absolute Gasteiger partial charge is 0.348 e. The molecule has 0 atom stereocenters. The Morgan fingerprint density at radius 1 is 0.325 bits per heavy atom. The number of hydrogen-bond acceptors (Lipinski definition) is 28. The molecule has 28 nitrogen and oxygen atoms in total. The van der Waals surface area contributed by atoms with Crippen LogP contribution in [-0.4, -0.2) is 136 Å². The fraction of sp³-hybridized carbons (Fsp3) is 0.227. The molecular formula is C88H88N12O16S4. The third kappa shape index (κ3) is 24.8. The maximum Gasteiger partial charge on any atom is 0.348 e. The van der Waals surface area contributed by atoms with E-state index in [0.717, 1.165) is 123 Å². The Labute approximate surface area is 708 Å². The maximum atomic E-state index is 11.8. The number of methoxy groups -OCH3 is 4. The number of aryl methyl sites for hydroxylation is 4. The van der Waals surface area contributed by atoms with E-state index < -0.39 is 35.8 Å². The molecule has 0 bridgehead atoms. The van der Waals surface area contributed by atoms with Gasteiger partial charge in [0.2, 0.25) is 0 Å². The summed E-state index contributed by atoms with van der Waals surface area (Å²) in [6.07, 6.45) is 7.66. The van der Waals surface area contributed by atoms with Gasteiger partial charge in [-0.05, 0) is 172 Å². The first-order valence-electron chi connectivity index (χ1n) is 37.5. The molecule has 0 aliphatic rings. The molecule has 0 saturated heterocycles. The van der Waals surface area contributed by atoms with Gasteiger partial charge in [0.1, 0.15) is 42.8 Å². The van der Waals surface area contributed by atoms with E-state index in [9.17, 15) is 38.4 Å². The van der Waals surface area contributed by atoms with Crippen molar-refractivity contribution in [3.63, 3.8) is 0 Å². The Hall–Kier alpha value is -13.6. The van der Waals surface area contributed by atoms with Gasteiger partial charge in [0.05, 0.1) is 73.6 Å². The lowest BCUT2D eigenvalue weighted by molar-refractivity contribution is -0.137. The van der Waals surface area contributed by atoms with Crippen LogP contribution in [0.2, 0.25) is 0 Å². The number of carbonyl (C=O) groups is 8. The van der Waals surface area contributed by atoms with Crippen molar-refractivity contribution < 1.29 is 77.7 Å². The number of allylic oxidation sites excluding steroid dienone is 2. The van der Waals surface area contributed by atoms with Crippen molar-refractivity contribution >= 4 is 139 Å². The van der Waals surface area contributed by atoms with Crippen molar-refractivity contribution in [2.45, 2.75) is 106 Å². The summed E-state index contributed by atoms with van der Waals surface area (Å²) >= 11 is 5.11. The number of carbonyl (C=O) groups excluding carboxylic acids is 4. The van der Waals surface area contributed by atoms with E-state index in [1.54, 1.807) is 91.0 Å². The number of carboxylic acids is 4. The van der Waals surface area contributed by atoms with Gasteiger partial charge < -0.3 is 60.6 Å². The second-order valence-electron chi connectivity index (χ2n) is 26.2. The van der Waals surface area contributed by atoms with Gasteiger partial charge >= 0.3 is 47.8 Å². The molecule has 0 radical (unpaired) electrons. The molecule has 0 spiro atoms. The summed E-state index contributed by atoms with van der Waals surface area (Å²) in [6, 6.07) is 42.8. The monoisotopic (exact) mass is 1700 g/mol. The van der Waals surface area contributed by atoms with Crippen LogP contribution in [0.4, 0.5) is 46.0 Å². The first-order valence-corrected chi connectivity index (χ1v) is 40.8. The minimum Gasteiger partial charge on any atom is -0.481 e. The van der Waals surface area contributed by atoms with Crippen LogP contribution in [0.1, 0.15) is 134 Å². The highest BCUT2D eigenvalue weighted by Crippen LogP contribution is 2.36. The van der Waals surface area contributed by atoms with Gasteiger partial charge in [0.25, 0.3) is 0 Å². The number of hydrogen-bond donors (Lipinski definition) is 8. The number of anilines is 8. The van der Waals surface area contributed by atoms with Crippen molar-refractivity contribution in [2.24, 2.45) is 0 Å². The van der Waals surface area contributed by atoms with E-state index in [1.807, 2.05) is 101 Å². The highest BCUT2D eigenvalue weighted by atomic mass is 32.1. The molecule has 0 amide bonds. The zero-order valence-corrected chi connectivity index (χ0v) is 70.7. The van der Waals surface area contributed by atoms with Crippen LogP contribution >= 0.6 is 45.3 Å². The molecule has 0 fully saturated rings. The third-order valence-corrected chi connectivity index (χ3v) is 22.1. The van der Waals surface area contributed by atoms with E-state index >= 15 is 0 Å². The maximum absolute atomic E-state index is 11.8. The van der Waals surface area contributed by atoms with E-state index in [4.69, 9.17) is 59.3 Å². The summed E-state index contributed by atoms with van der Waals surface area (Å²) in [5.41, 5.74) is 13.4. The molecule has 0 aliphatic carbocycles. The molecule has 120 heavy (non-hydrogen) atoms. The fourth-order valence-electron chi connectivity index (χ4n) is 12.0. The molecular weight excluding hydrogens is 1610 g/mol. The quantitative estimate of drug-likeness (QED) is 0.0110. The summed E-state index contributed by atoms with van der Waals surface area (Å²) in [5, 5.41) is 49.0. The van der Waals surface area contributed by atoms with E-state index in [0.29, 0.717) is 90.9 Å². The van der Waals surface area contributed by atoms with Gasteiger partial charge in [-0.1, -0.05) is 88.4 Å². The van der Waals surface area contributed by atoms with E-state index in [1.165, 1.54) is 73.8 Å². The Morgan fingerprint density at radius 2 is 0.567 bits per heavy atom. The molecule has 0 unspecified atom stereocenters. The van der Waals surface area contributed by atoms with Crippen LogP contribution in [0.5, 0.6) is 0 Å². The number of nitrogens with zero attached hydrogens (tertiary/aromatic N) is 8. The van der Waals surface area contributed by atoms with Crippen LogP contribution < -0.4 is 21.3 Å². The van der Waals surface area contributed by atoms with Crippen LogP contribution in [0, 0.1) is 13.8 Å². The van der Waals surface area contributed by atoms with Crippen molar-refractivity contribution in [1.29, 1.82) is 0 Å². The van der Waals surface area contributed by atoms with Crippen molar-refractivity contribution in [1.82, 2.24) is 39.9 Å². The minimum absolute atomic E-state index is 0.0148. The summed E-state index contributed by atoms with van der Waals surface area (Å²) in [7, 11) is 5.40. The largest absolute Gasteiger partial charge is 0.481 e. The summed E-state index contributed by atoms with van der Waals surface area (Å²) < 4.78 is 19.1. The molecule has 4 aromatic carbocycles. The Balaban J connectivity index is 0.000000182. The molecule has 620 valence electrons. The average molecular weight is 1700 g/mol. The van der Waals surface area contributed by atoms with Gasteiger partial charge in [0, 0.05) is 67.8 Å². The Morgan fingerprint density at radius 3 is 0.825 bits per heavy atom. The molecule has 8 aromatic heterocycles. The third-order valence-electron chi connectivity index (χ3n) is 17.8. The number of carboxylic acid groups (broad SMARTS) is 4. The number of rotatable bonds is 32. The predicted molar refractivity (Wildman–Crippen MR) is 466 cm³/mol. The van der Waals surface area contributed by atoms with Gasteiger partial charge in [-0.3, -0.25) is 19.2 Å². The number of thiophene rings is 4. The highest BCUT2D eigenvalue weighted by Gasteiger charge is 2.23. The molecule has 0 saturated carbocycles. The molecule has 8 N–H and O–H groups in total. The number of benzene rings is 4. The van der Waals surface area contributed by atoms with Crippen molar-refractivity contribution in [3.8, 4) is 42.8 Å². The number of nitrogens with one attached hydrogen (secondary N) is 4. The SMILES string of the molecule is C=CCc1c(C)nc(-c2ccc(C(=O)OC)s2)nc1Nc1ccc(CC(=O)O)cc1.C=CCc1c(CC)nc(-c2ccc(C(=O)OC)s2)nc1Nc1ccc(CC(=O)O)cc1.CCc1c(C)nc(-c2ccc(C(=O)OC)s2)nc1Nc1ccc(CC(=O)O)cc1.CCc1nc(-c2ccc(C(=O)OC)s2)nc(Nc2ccc(CC(=O)O)cc2)c1CC. The van der Waals surface area contributed by atoms with E-state index in [2.05, 4.69) is 61.3 Å².